The van der Waals surface area contributed by atoms with Crippen LogP contribution in [0.5, 0.6) is 11.5 Å². The van der Waals surface area contributed by atoms with Crippen LogP contribution in [0.15, 0.2) is 60.7 Å². The third kappa shape index (κ3) is 5.28. The molecule has 0 radical (unpaired) electrons. The van der Waals surface area contributed by atoms with Crippen LogP contribution in [0.1, 0.15) is 11.1 Å². The molecule has 140 valence electrons. The largest absolute Gasteiger partial charge is 0.493 e. The maximum absolute atomic E-state index is 13.2. The Morgan fingerprint density at radius 2 is 1.63 bits per heavy atom. The number of methoxy groups -OCH3 is 1. The summed E-state index contributed by atoms with van der Waals surface area (Å²) < 4.78 is 24.5. The van der Waals surface area contributed by atoms with Gasteiger partial charge in [-0.2, -0.15) is 0 Å². The second-order valence-electron chi connectivity index (χ2n) is 5.88. The fourth-order valence-electron chi connectivity index (χ4n) is 2.49. The lowest BCUT2D eigenvalue weighted by atomic mass is 10.2. The van der Waals surface area contributed by atoms with Gasteiger partial charge in [-0.25, -0.2) is 4.39 Å². The highest BCUT2D eigenvalue weighted by molar-refractivity contribution is 6.31. The Balaban J connectivity index is 1.64. The van der Waals surface area contributed by atoms with Gasteiger partial charge in [-0.05, 0) is 53.6 Å². The molecule has 3 aromatic carbocycles. The molecule has 0 atom stereocenters. The molecule has 0 fully saturated rings. The quantitative estimate of drug-likeness (QED) is 0.497. The van der Waals surface area contributed by atoms with Crippen molar-refractivity contribution >= 4 is 28.9 Å². The van der Waals surface area contributed by atoms with E-state index in [-0.39, 0.29) is 5.02 Å². The van der Waals surface area contributed by atoms with Gasteiger partial charge in [0, 0.05) is 17.3 Å². The molecule has 27 heavy (non-hydrogen) atoms. The van der Waals surface area contributed by atoms with Gasteiger partial charge < -0.3 is 14.8 Å². The number of hydrogen-bond donors (Lipinski definition) is 1. The Hall–Kier alpha value is -2.43. The minimum absolute atomic E-state index is 0.0866. The highest BCUT2D eigenvalue weighted by Gasteiger charge is 2.07. The molecule has 3 rings (SSSR count). The van der Waals surface area contributed by atoms with Crippen LogP contribution in [0.4, 0.5) is 10.1 Å². The normalized spacial score (nSPS) is 10.5. The number of nitrogens with one attached hydrogen (secondary N) is 1. The summed E-state index contributed by atoms with van der Waals surface area (Å²) in [7, 11) is 1.60. The first kappa shape index (κ1) is 19.3. The van der Waals surface area contributed by atoms with E-state index in [1.54, 1.807) is 19.2 Å². The highest BCUT2D eigenvalue weighted by atomic mass is 35.5. The Labute approximate surface area is 167 Å². The van der Waals surface area contributed by atoms with Gasteiger partial charge in [-0.3, -0.25) is 0 Å². The Morgan fingerprint density at radius 1 is 0.889 bits per heavy atom. The zero-order valence-electron chi connectivity index (χ0n) is 14.6. The van der Waals surface area contributed by atoms with Crippen LogP contribution in [0.25, 0.3) is 0 Å². The van der Waals surface area contributed by atoms with Gasteiger partial charge in [0.05, 0.1) is 12.1 Å². The van der Waals surface area contributed by atoms with Crippen LogP contribution in [0.2, 0.25) is 10.0 Å². The van der Waals surface area contributed by atoms with E-state index in [4.69, 9.17) is 32.7 Å². The summed E-state index contributed by atoms with van der Waals surface area (Å²) in [5.41, 5.74) is 2.75. The summed E-state index contributed by atoms with van der Waals surface area (Å²) >= 11 is 11.7. The predicted molar refractivity (Wildman–Crippen MR) is 108 cm³/mol. The molecule has 6 heteroatoms. The van der Waals surface area contributed by atoms with Crippen LogP contribution in [0, 0.1) is 5.82 Å². The lowest BCUT2D eigenvalue weighted by Crippen LogP contribution is -2.02. The second-order valence-corrected chi connectivity index (χ2v) is 6.73. The van der Waals surface area contributed by atoms with Crippen molar-refractivity contribution < 1.29 is 13.9 Å². The van der Waals surface area contributed by atoms with Crippen molar-refractivity contribution in [3.8, 4) is 11.5 Å². The van der Waals surface area contributed by atoms with Crippen molar-refractivity contribution in [2.24, 2.45) is 0 Å². The molecule has 1 N–H and O–H groups in total. The molecule has 0 aliphatic carbocycles. The molecule has 0 unspecified atom stereocenters. The van der Waals surface area contributed by atoms with Gasteiger partial charge in [0.25, 0.3) is 0 Å². The molecular weight excluding hydrogens is 388 g/mol. The topological polar surface area (TPSA) is 30.5 Å². The number of halogens is 3. The lowest BCUT2D eigenvalue weighted by Gasteiger charge is -2.13. The third-order valence-corrected chi connectivity index (χ3v) is 4.49. The SMILES string of the molecule is COc1cc(CNc2ccc(F)c(Cl)c2)ccc1OCc1ccc(Cl)cc1. The first-order valence-corrected chi connectivity index (χ1v) is 9.04. The van der Waals surface area contributed by atoms with Gasteiger partial charge in [0.1, 0.15) is 12.4 Å². The van der Waals surface area contributed by atoms with E-state index < -0.39 is 5.82 Å². The van der Waals surface area contributed by atoms with Crippen molar-refractivity contribution in [3.05, 3.63) is 87.7 Å². The van der Waals surface area contributed by atoms with Gasteiger partial charge in [-0.1, -0.05) is 41.4 Å². The van der Waals surface area contributed by atoms with Crippen molar-refractivity contribution in [1.82, 2.24) is 0 Å². The summed E-state index contributed by atoms with van der Waals surface area (Å²) in [6, 6.07) is 17.7. The Kier molecular flexibility index (Phi) is 6.43. The second kappa shape index (κ2) is 8.98. The molecule has 0 aromatic heterocycles. The fraction of sp³-hybridized carbons (Fsp3) is 0.143. The molecule has 0 bridgehead atoms. The van der Waals surface area contributed by atoms with E-state index in [0.717, 1.165) is 16.8 Å². The summed E-state index contributed by atoms with van der Waals surface area (Å²) in [5, 5.41) is 3.98. The molecule has 0 aliphatic rings. The van der Waals surface area contributed by atoms with Gasteiger partial charge in [0.2, 0.25) is 0 Å². The minimum atomic E-state index is -0.439. The van der Waals surface area contributed by atoms with Crippen molar-refractivity contribution in [2.75, 3.05) is 12.4 Å². The number of benzene rings is 3. The van der Waals surface area contributed by atoms with E-state index in [9.17, 15) is 4.39 Å². The molecule has 3 aromatic rings. The molecule has 0 spiro atoms. The maximum Gasteiger partial charge on any atom is 0.161 e. The van der Waals surface area contributed by atoms with Gasteiger partial charge >= 0.3 is 0 Å². The smallest absolute Gasteiger partial charge is 0.161 e. The molecular formula is C21H18Cl2FNO2. The number of hydrogen-bond acceptors (Lipinski definition) is 3. The summed E-state index contributed by atoms with van der Waals surface area (Å²) in [4.78, 5) is 0. The minimum Gasteiger partial charge on any atom is -0.493 e. The van der Waals surface area contributed by atoms with Crippen LogP contribution in [0.3, 0.4) is 0 Å². The zero-order valence-corrected chi connectivity index (χ0v) is 16.1. The van der Waals surface area contributed by atoms with E-state index in [1.165, 1.54) is 6.07 Å². The van der Waals surface area contributed by atoms with E-state index >= 15 is 0 Å². The van der Waals surface area contributed by atoms with Crippen molar-refractivity contribution in [3.63, 3.8) is 0 Å². The number of ether oxygens (including phenoxy) is 2. The molecule has 3 nitrogen and oxygen atoms in total. The monoisotopic (exact) mass is 405 g/mol. The predicted octanol–water partition coefficient (Wildman–Crippen LogP) is 6.33. The van der Waals surface area contributed by atoms with Crippen LogP contribution < -0.4 is 14.8 Å². The molecule has 0 saturated carbocycles. The van der Waals surface area contributed by atoms with Crippen LogP contribution >= 0.6 is 23.2 Å². The van der Waals surface area contributed by atoms with Crippen LogP contribution in [-0.2, 0) is 13.2 Å². The van der Waals surface area contributed by atoms with E-state index in [1.807, 2.05) is 42.5 Å². The third-order valence-electron chi connectivity index (χ3n) is 3.95. The van der Waals surface area contributed by atoms with Gasteiger partial charge in [0.15, 0.2) is 11.5 Å². The van der Waals surface area contributed by atoms with Crippen LogP contribution in [-0.4, -0.2) is 7.11 Å². The zero-order chi connectivity index (χ0) is 19.2. The molecule has 0 heterocycles. The summed E-state index contributed by atoms with van der Waals surface area (Å²) in [6.07, 6.45) is 0. The molecule has 0 amide bonds. The fourth-order valence-corrected chi connectivity index (χ4v) is 2.80. The standard InChI is InChI=1S/C21H18Cl2FNO2/c1-26-21-10-15(12-25-17-7-8-19(24)18(23)11-17)4-9-20(21)27-13-14-2-5-16(22)6-3-14/h2-11,25H,12-13H2,1H3. The first-order chi connectivity index (χ1) is 13.0. The first-order valence-electron chi connectivity index (χ1n) is 8.28. The molecule has 0 saturated heterocycles. The Morgan fingerprint density at radius 3 is 2.33 bits per heavy atom. The highest BCUT2D eigenvalue weighted by Crippen LogP contribution is 2.29. The average molecular weight is 406 g/mol. The van der Waals surface area contributed by atoms with Crippen molar-refractivity contribution in [2.45, 2.75) is 13.2 Å². The number of anilines is 1. The van der Waals surface area contributed by atoms with E-state index in [0.29, 0.717) is 29.7 Å². The Bertz CT molecular complexity index is 917. The van der Waals surface area contributed by atoms with Crippen molar-refractivity contribution in [1.29, 1.82) is 0 Å². The molecule has 0 aliphatic heterocycles. The number of rotatable bonds is 7. The summed E-state index contributed by atoms with van der Waals surface area (Å²) in [6.45, 7) is 0.953. The van der Waals surface area contributed by atoms with Gasteiger partial charge in [-0.15, -0.1) is 0 Å². The summed E-state index contributed by atoms with van der Waals surface area (Å²) in [5.74, 6) is 0.854. The maximum atomic E-state index is 13.2. The lowest BCUT2D eigenvalue weighted by molar-refractivity contribution is 0.284. The average Bonchev–Trinajstić information content (AvgIpc) is 2.68. The van der Waals surface area contributed by atoms with E-state index in [2.05, 4.69) is 5.32 Å².